The van der Waals surface area contributed by atoms with E-state index in [-0.39, 0.29) is 24.4 Å². The van der Waals surface area contributed by atoms with Crippen LogP contribution in [0.3, 0.4) is 0 Å². The number of hydrogen-bond acceptors (Lipinski definition) is 4. The second-order valence-electron chi connectivity index (χ2n) is 7.39. The van der Waals surface area contributed by atoms with Crippen molar-refractivity contribution >= 4 is 28.2 Å². The van der Waals surface area contributed by atoms with Crippen LogP contribution in [0, 0.1) is 11.8 Å². The van der Waals surface area contributed by atoms with Crippen molar-refractivity contribution < 1.29 is 13.2 Å². The molecular weight excluding hydrogens is 336 g/mol. The summed E-state index contributed by atoms with van der Waals surface area (Å²) in [4.78, 5) is 12.7. The predicted molar refractivity (Wildman–Crippen MR) is 93.5 cm³/mol. The zero-order valence-electron chi connectivity index (χ0n) is 13.8. The Morgan fingerprint density at radius 1 is 1.13 bits per heavy atom. The molecule has 0 bridgehead atoms. The number of halogens is 1. The van der Waals surface area contributed by atoms with Crippen LogP contribution in [0.25, 0.3) is 0 Å². The number of piperidine rings is 1. The van der Waals surface area contributed by atoms with Gasteiger partial charge in [0.1, 0.15) is 0 Å². The number of rotatable bonds is 4. The third-order valence-corrected chi connectivity index (χ3v) is 7.96. The SMILES string of the molecule is CS(=O)(=O)C1(C(=O)NC2CC2C2CCCCC2)CCNCC1.Cl. The van der Waals surface area contributed by atoms with Crippen LogP contribution < -0.4 is 10.6 Å². The highest BCUT2D eigenvalue weighted by atomic mass is 35.5. The lowest BCUT2D eigenvalue weighted by atomic mass is 9.85. The Bertz CT molecular complexity index is 525. The first-order chi connectivity index (χ1) is 10.4. The van der Waals surface area contributed by atoms with Crippen molar-refractivity contribution in [1.82, 2.24) is 10.6 Å². The van der Waals surface area contributed by atoms with Gasteiger partial charge in [-0.3, -0.25) is 4.79 Å². The number of sulfone groups is 1. The molecule has 2 aliphatic carbocycles. The highest BCUT2D eigenvalue weighted by Crippen LogP contribution is 2.44. The van der Waals surface area contributed by atoms with E-state index in [4.69, 9.17) is 0 Å². The Morgan fingerprint density at radius 3 is 2.30 bits per heavy atom. The van der Waals surface area contributed by atoms with Crippen molar-refractivity contribution in [2.45, 2.75) is 62.2 Å². The zero-order chi connectivity index (χ0) is 15.8. The minimum absolute atomic E-state index is 0. The Morgan fingerprint density at radius 2 is 1.74 bits per heavy atom. The maximum absolute atomic E-state index is 12.7. The van der Waals surface area contributed by atoms with Gasteiger partial charge in [0.25, 0.3) is 0 Å². The van der Waals surface area contributed by atoms with E-state index >= 15 is 0 Å². The number of amides is 1. The Hall–Kier alpha value is -0.330. The van der Waals surface area contributed by atoms with Crippen LogP contribution >= 0.6 is 12.4 Å². The van der Waals surface area contributed by atoms with Crippen LogP contribution in [0.1, 0.15) is 51.4 Å². The second-order valence-corrected chi connectivity index (χ2v) is 9.72. The van der Waals surface area contributed by atoms with E-state index < -0.39 is 14.6 Å². The van der Waals surface area contributed by atoms with Crippen molar-refractivity contribution in [3.63, 3.8) is 0 Å². The fourth-order valence-electron chi connectivity index (χ4n) is 4.36. The highest BCUT2D eigenvalue weighted by Gasteiger charge is 2.52. The van der Waals surface area contributed by atoms with Crippen molar-refractivity contribution in [3.05, 3.63) is 0 Å². The maximum Gasteiger partial charge on any atom is 0.241 e. The Balaban J connectivity index is 0.00000192. The molecule has 3 fully saturated rings. The van der Waals surface area contributed by atoms with Crippen LogP contribution in [0.5, 0.6) is 0 Å². The topological polar surface area (TPSA) is 75.3 Å². The average Bonchev–Trinajstić information content (AvgIpc) is 3.27. The van der Waals surface area contributed by atoms with Gasteiger partial charge in [-0.1, -0.05) is 32.1 Å². The smallest absolute Gasteiger partial charge is 0.241 e. The largest absolute Gasteiger partial charge is 0.352 e. The summed E-state index contributed by atoms with van der Waals surface area (Å²) in [6, 6.07) is 0.212. The fourth-order valence-corrected chi connectivity index (χ4v) is 5.70. The van der Waals surface area contributed by atoms with Crippen LogP contribution in [0.2, 0.25) is 0 Å². The van der Waals surface area contributed by atoms with Crippen LogP contribution in [-0.4, -0.2) is 44.5 Å². The summed E-state index contributed by atoms with van der Waals surface area (Å²) in [5.74, 6) is 1.07. The number of carbonyl (C=O) groups is 1. The van der Waals surface area contributed by atoms with Crippen LogP contribution in [0.15, 0.2) is 0 Å². The molecule has 0 aromatic rings. The summed E-state index contributed by atoms with van der Waals surface area (Å²) >= 11 is 0. The molecular formula is C16H29ClN2O3S. The van der Waals surface area contributed by atoms with E-state index in [0.717, 1.165) is 12.3 Å². The molecule has 3 rings (SSSR count). The Kier molecular flexibility index (Phi) is 6.01. The third-order valence-electron chi connectivity index (χ3n) is 5.95. The van der Waals surface area contributed by atoms with Crippen LogP contribution in [0.4, 0.5) is 0 Å². The predicted octanol–water partition coefficient (Wildman–Crippen LogP) is 1.66. The van der Waals surface area contributed by atoms with E-state index in [0.29, 0.717) is 31.8 Å². The van der Waals surface area contributed by atoms with E-state index in [1.165, 1.54) is 38.4 Å². The van der Waals surface area contributed by atoms with E-state index in [9.17, 15) is 13.2 Å². The van der Waals surface area contributed by atoms with Crippen molar-refractivity contribution in [3.8, 4) is 0 Å². The van der Waals surface area contributed by atoms with E-state index in [1.54, 1.807) is 0 Å². The van der Waals surface area contributed by atoms with Gasteiger partial charge < -0.3 is 10.6 Å². The van der Waals surface area contributed by atoms with Crippen molar-refractivity contribution in [1.29, 1.82) is 0 Å². The molecule has 1 amide bonds. The molecule has 1 heterocycles. The standard InChI is InChI=1S/C16H28N2O3S.ClH/c1-22(20,21)16(7-9-17-10-8-16)15(19)18-14-11-13(14)12-5-3-2-4-6-12;/h12-14,17H,2-11H2,1H3,(H,18,19);1H. The first kappa shape index (κ1) is 19.0. The molecule has 5 nitrogen and oxygen atoms in total. The lowest BCUT2D eigenvalue weighted by Gasteiger charge is -2.34. The highest BCUT2D eigenvalue weighted by molar-refractivity contribution is 7.92. The maximum atomic E-state index is 12.7. The van der Waals surface area contributed by atoms with Gasteiger partial charge in [-0.15, -0.1) is 12.4 Å². The fraction of sp³-hybridized carbons (Fsp3) is 0.938. The van der Waals surface area contributed by atoms with Gasteiger partial charge in [0.15, 0.2) is 14.6 Å². The zero-order valence-corrected chi connectivity index (χ0v) is 15.5. The van der Waals surface area contributed by atoms with Gasteiger partial charge in [-0.05, 0) is 44.2 Å². The Labute approximate surface area is 145 Å². The van der Waals surface area contributed by atoms with E-state index in [1.807, 2.05) is 0 Å². The minimum atomic E-state index is -3.40. The molecule has 0 radical (unpaired) electrons. The van der Waals surface area contributed by atoms with E-state index in [2.05, 4.69) is 10.6 Å². The van der Waals surface area contributed by atoms with Gasteiger partial charge >= 0.3 is 0 Å². The van der Waals surface area contributed by atoms with Crippen molar-refractivity contribution in [2.24, 2.45) is 11.8 Å². The number of hydrogen-bond donors (Lipinski definition) is 2. The summed E-state index contributed by atoms with van der Waals surface area (Å²) in [7, 11) is -3.40. The normalized spacial score (nSPS) is 31.0. The quantitative estimate of drug-likeness (QED) is 0.795. The van der Waals surface area contributed by atoms with Gasteiger partial charge in [-0.25, -0.2) is 8.42 Å². The monoisotopic (exact) mass is 364 g/mol. The molecule has 0 aromatic carbocycles. The summed E-state index contributed by atoms with van der Waals surface area (Å²) in [5.41, 5.74) is 0. The molecule has 0 aromatic heterocycles. The minimum Gasteiger partial charge on any atom is -0.352 e. The van der Waals surface area contributed by atoms with Gasteiger partial charge in [0.05, 0.1) is 0 Å². The first-order valence-corrected chi connectivity index (χ1v) is 10.5. The molecule has 2 unspecified atom stereocenters. The molecule has 1 aliphatic heterocycles. The molecule has 134 valence electrons. The summed E-state index contributed by atoms with van der Waals surface area (Å²) in [6.07, 6.45) is 9.53. The van der Waals surface area contributed by atoms with Gasteiger partial charge in [0.2, 0.25) is 5.91 Å². The lowest BCUT2D eigenvalue weighted by molar-refractivity contribution is -0.124. The summed E-state index contributed by atoms with van der Waals surface area (Å²) < 4.78 is 23.3. The number of carbonyl (C=O) groups excluding carboxylic acids is 1. The first-order valence-electron chi connectivity index (χ1n) is 8.65. The molecule has 2 atom stereocenters. The number of nitrogens with one attached hydrogen (secondary N) is 2. The average molecular weight is 365 g/mol. The molecule has 3 aliphatic rings. The van der Waals surface area contributed by atoms with Crippen molar-refractivity contribution in [2.75, 3.05) is 19.3 Å². The molecule has 2 saturated carbocycles. The van der Waals surface area contributed by atoms with Crippen LogP contribution in [-0.2, 0) is 14.6 Å². The molecule has 1 saturated heterocycles. The summed E-state index contributed by atoms with van der Waals surface area (Å²) in [5, 5.41) is 6.22. The molecule has 7 heteroatoms. The molecule has 23 heavy (non-hydrogen) atoms. The summed E-state index contributed by atoms with van der Waals surface area (Å²) in [6.45, 7) is 1.19. The molecule has 2 N–H and O–H groups in total. The third kappa shape index (κ3) is 3.85. The molecule has 0 spiro atoms. The second kappa shape index (κ2) is 7.28. The lowest BCUT2D eigenvalue weighted by Crippen LogP contribution is -2.57. The van der Waals surface area contributed by atoms with Gasteiger partial charge in [0, 0.05) is 12.3 Å². The van der Waals surface area contributed by atoms with Gasteiger partial charge in [-0.2, -0.15) is 0 Å².